The molecule has 1 aromatic carbocycles. The predicted molar refractivity (Wildman–Crippen MR) is 65.7 cm³/mol. The number of carbonyl (C=O) groups is 1. The minimum Gasteiger partial charge on any atom is -0.480 e. The maximum Gasteiger partial charge on any atom is 0.325 e. The Labute approximate surface area is 101 Å². The highest BCUT2D eigenvalue weighted by Gasteiger charge is 2.20. The van der Waals surface area contributed by atoms with Crippen LogP contribution in [0.15, 0.2) is 30.3 Å². The first-order valence-electron chi connectivity index (χ1n) is 5.71. The minimum absolute atomic E-state index is 0.104. The van der Waals surface area contributed by atoms with Crippen molar-refractivity contribution in [3.63, 3.8) is 0 Å². The van der Waals surface area contributed by atoms with Crippen LogP contribution in [-0.4, -0.2) is 28.8 Å². The van der Waals surface area contributed by atoms with E-state index in [0.29, 0.717) is 5.56 Å². The molecule has 0 aliphatic rings. The van der Waals surface area contributed by atoms with Crippen molar-refractivity contribution in [2.45, 2.75) is 26.0 Å². The number of aliphatic hydroxyl groups excluding tert-OH is 1. The van der Waals surface area contributed by atoms with Gasteiger partial charge in [0.05, 0.1) is 6.10 Å². The minimum atomic E-state index is -0.938. The van der Waals surface area contributed by atoms with Gasteiger partial charge in [-0.1, -0.05) is 44.2 Å². The third-order valence-corrected chi connectivity index (χ3v) is 2.68. The Hall–Kier alpha value is -1.39. The molecule has 0 aliphatic heterocycles. The number of hydrogen-bond acceptors (Lipinski definition) is 3. The lowest BCUT2D eigenvalue weighted by atomic mass is 10.0. The molecule has 1 aromatic rings. The molecule has 3 N–H and O–H groups in total. The van der Waals surface area contributed by atoms with Gasteiger partial charge in [-0.25, -0.2) is 0 Å². The highest BCUT2D eigenvalue weighted by atomic mass is 16.4. The first-order chi connectivity index (χ1) is 8.02. The van der Waals surface area contributed by atoms with E-state index in [9.17, 15) is 9.90 Å². The van der Waals surface area contributed by atoms with Crippen LogP contribution in [-0.2, 0) is 4.79 Å². The van der Waals surface area contributed by atoms with Crippen LogP contribution < -0.4 is 5.32 Å². The lowest BCUT2D eigenvalue weighted by molar-refractivity contribution is -0.139. The Morgan fingerprint density at radius 1 is 1.29 bits per heavy atom. The molecule has 2 atom stereocenters. The van der Waals surface area contributed by atoms with Crippen molar-refractivity contribution in [3.8, 4) is 0 Å². The van der Waals surface area contributed by atoms with Crippen molar-refractivity contribution in [1.29, 1.82) is 0 Å². The van der Waals surface area contributed by atoms with Crippen LogP contribution >= 0.6 is 0 Å². The number of carboxylic acids is 1. The Bertz CT molecular complexity index is 351. The number of hydrogen-bond donors (Lipinski definition) is 3. The molecule has 0 heterocycles. The smallest absolute Gasteiger partial charge is 0.325 e. The van der Waals surface area contributed by atoms with Crippen LogP contribution in [0.1, 0.15) is 25.5 Å². The van der Waals surface area contributed by atoms with Gasteiger partial charge in [-0.15, -0.1) is 0 Å². The number of aliphatic carboxylic acids is 1. The van der Waals surface area contributed by atoms with Crippen LogP contribution in [0.2, 0.25) is 0 Å². The van der Waals surface area contributed by atoms with Gasteiger partial charge in [0.1, 0.15) is 6.04 Å². The molecule has 1 rings (SSSR count). The van der Waals surface area contributed by atoms with Crippen molar-refractivity contribution < 1.29 is 15.0 Å². The van der Waals surface area contributed by atoms with E-state index >= 15 is 0 Å². The van der Waals surface area contributed by atoms with Crippen LogP contribution in [0.4, 0.5) is 0 Å². The second-order valence-corrected chi connectivity index (χ2v) is 4.40. The summed E-state index contributed by atoms with van der Waals surface area (Å²) < 4.78 is 0. The van der Waals surface area contributed by atoms with E-state index in [1.54, 1.807) is 24.3 Å². The van der Waals surface area contributed by atoms with Crippen LogP contribution in [0.3, 0.4) is 0 Å². The van der Waals surface area contributed by atoms with Gasteiger partial charge in [-0.2, -0.15) is 0 Å². The summed E-state index contributed by atoms with van der Waals surface area (Å²) in [7, 11) is 0. The first kappa shape index (κ1) is 13.7. The van der Waals surface area contributed by atoms with E-state index in [0.717, 1.165) is 0 Å². The summed E-state index contributed by atoms with van der Waals surface area (Å²) in [5.41, 5.74) is 0.691. The molecule has 17 heavy (non-hydrogen) atoms. The summed E-state index contributed by atoms with van der Waals surface area (Å²) in [6.07, 6.45) is -0.541. The topological polar surface area (TPSA) is 69.6 Å². The van der Waals surface area contributed by atoms with Crippen molar-refractivity contribution in [2.75, 3.05) is 6.54 Å². The molecular weight excluding hydrogens is 218 g/mol. The van der Waals surface area contributed by atoms with E-state index in [2.05, 4.69) is 5.32 Å². The first-order valence-corrected chi connectivity index (χ1v) is 5.71. The molecule has 2 unspecified atom stereocenters. The van der Waals surface area contributed by atoms with Gasteiger partial charge in [-0.3, -0.25) is 10.1 Å². The van der Waals surface area contributed by atoms with Crippen LogP contribution in [0, 0.1) is 5.92 Å². The number of aliphatic hydroxyl groups is 1. The SMILES string of the molecule is CC(C)C(O)CNC(C(=O)O)c1ccccc1. The molecule has 0 fully saturated rings. The predicted octanol–water partition coefficient (Wildman–Crippen LogP) is 1.42. The summed E-state index contributed by atoms with van der Waals surface area (Å²) in [6, 6.07) is 8.18. The van der Waals surface area contributed by atoms with Crippen molar-refractivity contribution >= 4 is 5.97 Å². The Balaban J connectivity index is 2.66. The monoisotopic (exact) mass is 237 g/mol. The summed E-state index contributed by atoms with van der Waals surface area (Å²) in [5, 5.41) is 21.6. The van der Waals surface area contributed by atoms with Gasteiger partial charge in [0, 0.05) is 6.54 Å². The van der Waals surface area contributed by atoms with Gasteiger partial charge in [0.2, 0.25) is 0 Å². The molecule has 0 saturated carbocycles. The van der Waals surface area contributed by atoms with E-state index in [1.807, 2.05) is 19.9 Å². The number of rotatable bonds is 6. The molecule has 0 amide bonds. The fourth-order valence-electron chi connectivity index (χ4n) is 1.47. The number of carboxylic acid groups (broad SMARTS) is 1. The van der Waals surface area contributed by atoms with Crippen LogP contribution in [0.25, 0.3) is 0 Å². The third-order valence-electron chi connectivity index (χ3n) is 2.68. The lowest BCUT2D eigenvalue weighted by Gasteiger charge is -2.19. The molecule has 0 radical (unpaired) electrons. The zero-order chi connectivity index (χ0) is 12.8. The molecule has 0 saturated heterocycles. The Morgan fingerprint density at radius 3 is 2.35 bits per heavy atom. The summed E-state index contributed by atoms with van der Waals surface area (Å²) in [6.45, 7) is 4.05. The molecule has 0 spiro atoms. The summed E-state index contributed by atoms with van der Waals surface area (Å²) in [5.74, 6) is -0.833. The molecule has 0 aromatic heterocycles. The van der Waals surface area contributed by atoms with Gasteiger partial charge in [-0.05, 0) is 11.5 Å². The lowest BCUT2D eigenvalue weighted by Crippen LogP contribution is -2.36. The van der Waals surface area contributed by atoms with Gasteiger partial charge in [0.15, 0.2) is 0 Å². The largest absolute Gasteiger partial charge is 0.480 e. The quantitative estimate of drug-likeness (QED) is 0.700. The number of nitrogens with one attached hydrogen (secondary N) is 1. The fraction of sp³-hybridized carbons (Fsp3) is 0.462. The third kappa shape index (κ3) is 4.17. The van der Waals surface area contributed by atoms with Gasteiger partial charge >= 0.3 is 5.97 Å². The van der Waals surface area contributed by atoms with E-state index in [-0.39, 0.29) is 12.5 Å². The normalized spacial score (nSPS) is 14.6. The molecule has 4 heteroatoms. The number of benzene rings is 1. The van der Waals surface area contributed by atoms with Crippen LogP contribution in [0.5, 0.6) is 0 Å². The summed E-state index contributed by atoms with van der Waals surface area (Å²) in [4.78, 5) is 11.1. The zero-order valence-electron chi connectivity index (χ0n) is 10.1. The van der Waals surface area contributed by atoms with Gasteiger partial charge < -0.3 is 10.2 Å². The summed E-state index contributed by atoms with van der Waals surface area (Å²) >= 11 is 0. The fourth-order valence-corrected chi connectivity index (χ4v) is 1.47. The van der Waals surface area contributed by atoms with Gasteiger partial charge in [0.25, 0.3) is 0 Å². The highest BCUT2D eigenvalue weighted by molar-refractivity contribution is 5.75. The second kappa shape index (κ2) is 6.37. The van der Waals surface area contributed by atoms with Crippen molar-refractivity contribution in [1.82, 2.24) is 5.32 Å². The van der Waals surface area contributed by atoms with E-state index in [1.165, 1.54) is 0 Å². The molecule has 94 valence electrons. The van der Waals surface area contributed by atoms with E-state index in [4.69, 9.17) is 5.11 Å². The molecular formula is C13H19NO3. The standard InChI is InChI=1S/C13H19NO3/c1-9(2)11(15)8-14-12(13(16)17)10-6-4-3-5-7-10/h3-7,9,11-12,14-15H,8H2,1-2H3,(H,16,17). The maximum atomic E-state index is 11.1. The second-order valence-electron chi connectivity index (χ2n) is 4.40. The molecule has 0 bridgehead atoms. The molecule has 0 aliphatic carbocycles. The Morgan fingerprint density at radius 2 is 1.88 bits per heavy atom. The average molecular weight is 237 g/mol. The maximum absolute atomic E-state index is 11.1. The zero-order valence-corrected chi connectivity index (χ0v) is 10.1. The highest BCUT2D eigenvalue weighted by Crippen LogP contribution is 2.13. The van der Waals surface area contributed by atoms with E-state index < -0.39 is 18.1 Å². The van der Waals surface area contributed by atoms with Crippen molar-refractivity contribution in [3.05, 3.63) is 35.9 Å². The Kier molecular flexibility index (Phi) is 5.12. The van der Waals surface area contributed by atoms with Crippen molar-refractivity contribution in [2.24, 2.45) is 5.92 Å². The average Bonchev–Trinajstić information content (AvgIpc) is 2.29. The molecule has 4 nitrogen and oxygen atoms in total.